The normalized spacial score (nSPS) is 12.3. The molecule has 0 saturated carbocycles. The fourth-order valence-corrected chi connectivity index (χ4v) is 1.53. The summed E-state index contributed by atoms with van der Waals surface area (Å²) in [7, 11) is 1.49. The number of benzene rings is 1. The third kappa shape index (κ3) is 2.55. The lowest BCUT2D eigenvalue weighted by Gasteiger charge is -2.18. The molecule has 4 N–H and O–H groups in total. The van der Waals surface area contributed by atoms with Crippen molar-refractivity contribution in [3.05, 3.63) is 34.9 Å². The van der Waals surface area contributed by atoms with E-state index in [1.165, 1.54) is 7.05 Å². The average molecular weight is 207 g/mol. The summed E-state index contributed by atoms with van der Waals surface area (Å²) in [6, 6.07) is 5.13. The molecule has 4 heteroatoms. The maximum atomic E-state index is 11.6. The Hall–Kier alpha value is -1.39. The van der Waals surface area contributed by atoms with Gasteiger partial charge in [-0.1, -0.05) is 23.8 Å². The molecule has 0 radical (unpaired) electrons. The van der Waals surface area contributed by atoms with Gasteiger partial charge in [-0.25, -0.2) is 5.84 Å². The van der Waals surface area contributed by atoms with E-state index < -0.39 is 6.04 Å². The maximum Gasteiger partial charge on any atom is 0.257 e. The molecule has 1 amide bonds. The van der Waals surface area contributed by atoms with Crippen LogP contribution in [0.5, 0.6) is 0 Å². The molecule has 1 rings (SSSR count). The molecule has 1 aromatic rings. The van der Waals surface area contributed by atoms with Crippen LogP contribution in [0, 0.1) is 13.8 Å². The van der Waals surface area contributed by atoms with Gasteiger partial charge in [-0.2, -0.15) is 0 Å². The van der Waals surface area contributed by atoms with Gasteiger partial charge in [-0.3, -0.25) is 9.80 Å². The minimum Gasteiger partial charge on any atom is -0.316 e. The number of nitrogens with zero attached hydrogens (tertiary/aromatic N) is 1. The number of carbonyl (C=O) groups is 1. The molecule has 82 valence electrons. The lowest BCUT2D eigenvalue weighted by Crippen LogP contribution is -2.40. The van der Waals surface area contributed by atoms with Crippen molar-refractivity contribution < 1.29 is 4.79 Å². The van der Waals surface area contributed by atoms with Gasteiger partial charge in [0.25, 0.3) is 5.91 Å². The van der Waals surface area contributed by atoms with Gasteiger partial charge in [-0.05, 0) is 25.0 Å². The molecule has 1 unspecified atom stereocenters. The topological polar surface area (TPSA) is 72.4 Å². The van der Waals surface area contributed by atoms with Crippen molar-refractivity contribution in [2.75, 3.05) is 7.05 Å². The first-order valence-corrected chi connectivity index (χ1v) is 4.78. The summed E-state index contributed by atoms with van der Waals surface area (Å²) in [6.45, 7) is 3.94. The van der Waals surface area contributed by atoms with Crippen LogP contribution in [0.4, 0.5) is 0 Å². The number of likely N-dealkylation sites (N-methyl/N-ethyl adjacent to an activating group) is 1. The average Bonchev–Trinajstić information content (AvgIpc) is 2.15. The second-order valence-electron chi connectivity index (χ2n) is 3.79. The van der Waals surface area contributed by atoms with E-state index in [0.717, 1.165) is 21.7 Å². The van der Waals surface area contributed by atoms with E-state index in [-0.39, 0.29) is 5.91 Å². The van der Waals surface area contributed by atoms with Gasteiger partial charge in [0.2, 0.25) is 0 Å². The Bertz CT molecular complexity index is 374. The van der Waals surface area contributed by atoms with Crippen molar-refractivity contribution in [3.8, 4) is 0 Å². The lowest BCUT2D eigenvalue weighted by molar-refractivity contribution is -0.131. The predicted molar refractivity (Wildman–Crippen MR) is 59.8 cm³/mol. The third-order valence-electron chi connectivity index (χ3n) is 2.37. The zero-order valence-corrected chi connectivity index (χ0v) is 9.32. The highest BCUT2D eigenvalue weighted by molar-refractivity contribution is 5.82. The van der Waals surface area contributed by atoms with Crippen LogP contribution in [0.15, 0.2) is 18.2 Å². The van der Waals surface area contributed by atoms with Crippen LogP contribution < -0.4 is 11.6 Å². The van der Waals surface area contributed by atoms with Crippen LogP contribution >= 0.6 is 0 Å². The van der Waals surface area contributed by atoms with Crippen molar-refractivity contribution in [3.63, 3.8) is 0 Å². The fraction of sp³-hybridized carbons (Fsp3) is 0.364. The number of hydrogen-bond acceptors (Lipinski definition) is 3. The number of aryl methyl sites for hydroxylation is 2. The van der Waals surface area contributed by atoms with Crippen LogP contribution in [0.25, 0.3) is 0 Å². The molecular weight excluding hydrogens is 190 g/mol. The second kappa shape index (κ2) is 4.42. The summed E-state index contributed by atoms with van der Waals surface area (Å²) in [4.78, 5) is 11.6. The van der Waals surface area contributed by atoms with Crippen molar-refractivity contribution >= 4 is 5.91 Å². The van der Waals surface area contributed by atoms with Crippen molar-refractivity contribution in [2.24, 2.45) is 11.6 Å². The van der Waals surface area contributed by atoms with Crippen LogP contribution in [-0.2, 0) is 4.79 Å². The molecule has 4 nitrogen and oxygen atoms in total. The van der Waals surface area contributed by atoms with E-state index >= 15 is 0 Å². The summed E-state index contributed by atoms with van der Waals surface area (Å²) in [5.41, 5.74) is 8.80. The second-order valence-corrected chi connectivity index (χ2v) is 3.79. The first kappa shape index (κ1) is 11.7. The summed E-state index contributed by atoms with van der Waals surface area (Å²) < 4.78 is 0. The van der Waals surface area contributed by atoms with Gasteiger partial charge < -0.3 is 5.73 Å². The molecule has 0 aromatic heterocycles. The molecule has 0 aliphatic rings. The molecule has 1 aromatic carbocycles. The molecular formula is C11H17N3O. The predicted octanol–water partition coefficient (Wildman–Crippen LogP) is 0.635. The number of hydrazine groups is 1. The smallest absolute Gasteiger partial charge is 0.257 e. The number of nitrogens with two attached hydrogens (primary N) is 2. The van der Waals surface area contributed by atoms with E-state index in [9.17, 15) is 4.79 Å². The molecule has 0 spiro atoms. The third-order valence-corrected chi connectivity index (χ3v) is 2.37. The lowest BCUT2D eigenvalue weighted by atomic mass is 9.99. The summed E-state index contributed by atoms with van der Waals surface area (Å²) in [6.07, 6.45) is 0. The molecule has 1 atom stereocenters. The van der Waals surface area contributed by atoms with Crippen molar-refractivity contribution in [1.29, 1.82) is 0 Å². The van der Waals surface area contributed by atoms with Crippen LogP contribution in [0.3, 0.4) is 0 Å². The fourth-order valence-electron chi connectivity index (χ4n) is 1.53. The molecule has 15 heavy (non-hydrogen) atoms. The Balaban J connectivity index is 3.01. The summed E-state index contributed by atoms with van der Waals surface area (Å²) in [5, 5.41) is 1.02. The van der Waals surface area contributed by atoms with E-state index in [1.807, 2.05) is 32.0 Å². The molecule has 0 fully saturated rings. The SMILES string of the molecule is Cc1ccc(C(N)C(=O)N(C)N)c(C)c1. The largest absolute Gasteiger partial charge is 0.316 e. The van der Waals surface area contributed by atoms with Crippen molar-refractivity contribution in [1.82, 2.24) is 5.01 Å². The first-order valence-electron chi connectivity index (χ1n) is 4.78. The van der Waals surface area contributed by atoms with E-state index in [0.29, 0.717) is 0 Å². The molecule has 0 aliphatic carbocycles. The Morgan fingerprint density at radius 2 is 2.00 bits per heavy atom. The minimum atomic E-state index is -0.680. The molecule has 0 aliphatic heterocycles. The zero-order valence-electron chi connectivity index (χ0n) is 9.32. The standard InChI is InChI=1S/C11H17N3O/c1-7-4-5-9(8(2)6-7)10(12)11(15)14(3)13/h4-6,10H,12-13H2,1-3H3. The number of carbonyl (C=O) groups excluding carboxylic acids is 1. The Morgan fingerprint density at radius 1 is 1.40 bits per heavy atom. The zero-order chi connectivity index (χ0) is 11.6. The summed E-state index contributed by atoms with van der Waals surface area (Å²) >= 11 is 0. The number of rotatable bonds is 2. The highest BCUT2D eigenvalue weighted by atomic mass is 16.2. The Labute approximate surface area is 89.8 Å². The maximum absolute atomic E-state index is 11.6. The van der Waals surface area contributed by atoms with Crippen LogP contribution in [0.1, 0.15) is 22.7 Å². The van der Waals surface area contributed by atoms with Crippen LogP contribution in [0.2, 0.25) is 0 Å². The Morgan fingerprint density at radius 3 is 2.47 bits per heavy atom. The monoisotopic (exact) mass is 207 g/mol. The highest BCUT2D eigenvalue weighted by Gasteiger charge is 2.19. The highest BCUT2D eigenvalue weighted by Crippen LogP contribution is 2.17. The van der Waals surface area contributed by atoms with Crippen LogP contribution in [-0.4, -0.2) is 18.0 Å². The van der Waals surface area contributed by atoms with Crippen molar-refractivity contribution in [2.45, 2.75) is 19.9 Å². The van der Waals surface area contributed by atoms with Gasteiger partial charge in [0.05, 0.1) is 0 Å². The first-order chi connectivity index (χ1) is 6.93. The summed E-state index contributed by atoms with van der Waals surface area (Å²) in [5.74, 6) is 5.07. The van der Waals surface area contributed by atoms with Gasteiger partial charge in [0, 0.05) is 7.05 Å². The van der Waals surface area contributed by atoms with Gasteiger partial charge in [-0.15, -0.1) is 0 Å². The van der Waals surface area contributed by atoms with E-state index in [2.05, 4.69) is 0 Å². The number of amides is 1. The number of hydrogen-bond donors (Lipinski definition) is 2. The Kier molecular flexibility index (Phi) is 3.44. The van der Waals surface area contributed by atoms with Gasteiger partial charge >= 0.3 is 0 Å². The minimum absolute atomic E-state index is 0.290. The van der Waals surface area contributed by atoms with E-state index in [4.69, 9.17) is 11.6 Å². The van der Waals surface area contributed by atoms with E-state index in [1.54, 1.807) is 0 Å². The van der Waals surface area contributed by atoms with Gasteiger partial charge in [0.15, 0.2) is 0 Å². The molecule has 0 bridgehead atoms. The molecule has 0 saturated heterocycles. The van der Waals surface area contributed by atoms with Gasteiger partial charge in [0.1, 0.15) is 6.04 Å². The molecule has 0 heterocycles. The quantitative estimate of drug-likeness (QED) is 0.424.